The molecular weight excluding hydrogens is 236 g/mol. The van der Waals surface area contributed by atoms with E-state index in [0.717, 1.165) is 0 Å². The molecule has 0 heterocycles. The van der Waals surface area contributed by atoms with Crippen molar-refractivity contribution < 1.29 is 9.47 Å². The van der Waals surface area contributed by atoms with Crippen molar-refractivity contribution in [3.8, 4) is 11.1 Å². The summed E-state index contributed by atoms with van der Waals surface area (Å²) in [5, 5.41) is 0. The lowest BCUT2D eigenvalue weighted by atomic mass is 9.96. The maximum absolute atomic E-state index is 5.34. The lowest BCUT2D eigenvalue weighted by molar-refractivity contribution is -0.115. The predicted molar refractivity (Wildman–Crippen MR) is 78.1 cm³/mol. The van der Waals surface area contributed by atoms with Gasteiger partial charge in [-0.2, -0.15) is 0 Å². The molecule has 0 spiro atoms. The molecule has 19 heavy (non-hydrogen) atoms. The van der Waals surface area contributed by atoms with Crippen LogP contribution in [0.2, 0.25) is 0 Å². The molecule has 0 radical (unpaired) electrons. The fourth-order valence-electron chi connectivity index (χ4n) is 2.29. The first kappa shape index (κ1) is 13.8. The van der Waals surface area contributed by atoms with Crippen molar-refractivity contribution in [3.63, 3.8) is 0 Å². The van der Waals surface area contributed by atoms with Crippen LogP contribution in [0.4, 0.5) is 0 Å². The highest BCUT2D eigenvalue weighted by Crippen LogP contribution is 2.26. The van der Waals surface area contributed by atoms with Crippen LogP contribution in [0.1, 0.15) is 18.4 Å². The molecule has 2 heteroatoms. The zero-order valence-corrected chi connectivity index (χ0v) is 11.7. The Labute approximate surface area is 115 Å². The molecule has 2 aromatic carbocycles. The summed E-state index contributed by atoms with van der Waals surface area (Å²) in [6, 6.07) is 18.9. The third-order valence-corrected chi connectivity index (χ3v) is 3.39. The van der Waals surface area contributed by atoms with E-state index in [2.05, 4.69) is 55.5 Å². The Bertz CT molecular complexity index is 504. The molecule has 2 rings (SSSR count). The molecular formula is C17H20O2. The standard InChI is InChI=1S/C17H20O2/c1-13(17(18-2)19-3)15-10-7-11-16(12-15)14-8-5-4-6-9-14/h4-13,17H,1-3H3. The van der Waals surface area contributed by atoms with Crippen LogP contribution in [0.15, 0.2) is 54.6 Å². The summed E-state index contributed by atoms with van der Waals surface area (Å²) >= 11 is 0. The molecule has 0 aliphatic carbocycles. The van der Waals surface area contributed by atoms with E-state index in [9.17, 15) is 0 Å². The second kappa shape index (κ2) is 6.50. The maximum atomic E-state index is 5.34. The average molecular weight is 256 g/mol. The van der Waals surface area contributed by atoms with Gasteiger partial charge >= 0.3 is 0 Å². The average Bonchev–Trinajstić information content (AvgIpc) is 2.49. The Morgan fingerprint density at radius 3 is 2.05 bits per heavy atom. The summed E-state index contributed by atoms with van der Waals surface area (Å²) in [6.07, 6.45) is -0.217. The van der Waals surface area contributed by atoms with Crippen molar-refractivity contribution in [1.82, 2.24) is 0 Å². The van der Waals surface area contributed by atoms with Gasteiger partial charge in [0.15, 0.2) is 6.29 Å². The first-order valence-electron chi connectivity index (χ1n) is 6.47. The third kappa shape index (κ3) is 3.22. The summed E-state index contributed by atoms with van der Waals surface area (Å²) in [6.45, 7) is 2.11. The van der Waals surface area contributed by atoms with Gasteiger partial charge < -0.3 is 9.47 Å². The molecule has 100 valence electrons. The summed E-state index contributed by atoms with van der Waals surface area (Å²) in [4.78, 5) is 0. The number of rotatable bonds is 5. The normalized spacial score (nSPS) is 12.6. The van der Waals surface area contributed by atoms with E-state index in [4.69, 9.17) is 9.47 Å². The summed E-state index contributed by atoms with van der Waals surface area (Å²) in [5.74, 6) is 0.193. The number of hydrogen-bond acceptors (Lipinski definition) is 2. The summed E-state index contributed by atoms with van der Waals surface area (Å²) in [7, 11) is 3.34. The van der Waals surface area contributed by atoms with E-state index in [1.165, 1.54) is 16.7 Å². The molecule has 1 unspecified atom stereocenters. The van der Waals surface area contributed by atoms with Crippen molar-refractivity contribution in [2.45, 2.75) is 19.1 Å². The summed E-state index contributed by atoms with van der Waals surface area (Å²) in [5.41, 5.74) is 3.66. The fraction of sp³-hybridized carbons (Fsp3) is 0.294. The van der Waals surface area contributed by atoms with E-state index < -0.39 is 0 Å². The smallest absolute Gasteiger partial charge is 0.163 e. The van der Waals surface area contributed by atoms with E-state index in [-0.39, 0.29) is 12.2 Å². The molecule has 0 aromatic heterocycles. The first-order chi connectivity index (χ1) is 9.26. The van der Waals surface area contributed by atoms with Crippen LogP contribution in [0.3, 0.4) is 0 Å². The van der Waals surface area contributed by atoms with Crippen molar-refractivity contribution in [3.05, 3.63) is 60.2 Å². The number of benzene rings is 2. The monoisotopic (exact) mass is 256 g/mol. The number of hydrogen-bond donors (Lipinski definition) is 0. The Balaban J connectivity index is 2.29. The quantitative estimate of drug-likeness (QED) is 0.751. The van der Waals surface area contributed by atoms with Crippen LogP contribution >= 0.6 is 0 Å². The molecule has 2 nitrogen and oxygen atoms in total. The first-order valence-corrected chi connectivity index (χ1v) is 6.47. The van der Waals surface area contributed by atoms with Gasteiger partial charge in [0.1, 0.15) is 0 Å². The second-order valence-corrected chi connectivity index (χ2v) is 4.62. The minimum atomic E-state index is -0.217. The van der Waals surface area contributed by atoms with E-state index in [0.29, 0.717) is 0 Å². The maximum Gasteiger partial charge on any atom is 0.163 e. The molecule has 1 atom stereocenters. The van der Waals surface area contributed by atoms with Gasteiger partial charge in [-0.25, -0.2) is 0 Å². The van der Waals surface area contributed by atoms with Crippen LogP contribution in [-0.4, -0.2) is 20.5 Å². The highest BCUT2D eigenvalue weighted by atomic mass is 16.7. The molecule has 0 saturated heterocycles. The van der Waals surface area contributed by atoms with Crippen molar-refractivity contribution in [2.75, 3.05) is 14.2 Å². The van der Waals surface area contributed by atoms with Gasteiger partial charge in [-0.1, -0.05) is 61.5 Å². The third-order valence-electron chi connectivity index (χ3n) is 3.39. The fourth-order valence-corrected chi connectivity index (χ4v) is 2.29. The zero-order chi connectivity index (χ0) is 13.7. The highest BCUT2D eigenvalue weighted by molar-refractivity contribution is 5.64. The van der Waals surface area contributed by atoms with Crippen molar-refractivity contribution >= 4 is 0 Å². The van der Waals surface area contributed by atoms with Crippen LogP contribution in [0.5, 0.6) is 0 Å². The van der Waals surface area contributed by atoms with Gasteiger partial charge in [0, 0.05) is 20.1 Å². The Kier molecular flexibility index (Phi) is 4.72. The van der Waals surface area contributed by atoms with Gasteiger partial charge in [-0.05, 0) is 16.7 Å². The second-order valence-electron chi connectivity index (χ2n) is 4.62. The molecule has 0 N–H and O–H groups in total. The van der Waals surface area contributed by atoms with E-state index in [1.807, 2.05) is 6.07 Å². The lowest BCUT2D eigenvalue weighted by Gasteiger charge is -2.21. The van der Waals surface area contributed by atoms with Crippen LogP contribution in [0, 0.1) is 0 Å². The number of ether oxygens (including phenoxy) is 2. The minimum absolute atomic E-state index is 0.193. The molecule has 0 aliphatic rings. The van der Waals surface area contributed by atoms with Gasteiger partial charge in [0.2, 0.25) is 0 Å². The van der Waals surface area contributed by atoms with Gasteiger partial charge in [0.05, 0.1) is 0 Å². The van der Waals surface area contributed by atoms with Crippen LogP contribution in [0.25, 0.3) is 11.1 Å². The van der Waals surface area contributed by atoms with Gasteiger partial charge in [0.25, 0.3) is 0 Å². The minimum Gasteiger partial charge on any atom is -0.355 e. The van der Waals surface area contributed by atoms with Crippen LogP contribution < -0.4 is 0 Å². The molecule has 0 saturated carbocycles. The van der Waals surface area contributed by atoms with Gasteiger partial charge in [-0.15, -0.1) is 0 Å². The molecule has 0 bridgehead atoms. The highest BCUT2D eigenvalue weighted by Gasteiger charge is 2.18. The molecule has 0 fully saturated rings. The number of methoxy groups -OCH3 is 2. The molecule has 2 aromatic rings. The van der Waals surface area contributed by atoms with Crippen molar-refractivity contribution in [1.29, 1.82) is 0 Å². The topological polar surface area (TPSA) is 18.5 Å². The SMILES string of the molecule is COC(OC)C(C)c1cccc(-c2ccccc2)c1. The zero-order valence-electron chi connectivity index (χ0n) is 11.7. The lowest BCUT2D eigenvalue weighted by Crippen LogP contribution is -2.20. The Hall–Kier alpha value is -1.64. The Morgan fingerprint density at radius 1 is 0.789 bits per heavy atom. The largest absolute Gasteiger partial charge is 0.355 e. The van der Waals surface area contributed by atoms with Crippen LogP contribution in [-0.2, 0) is 9.47 Å². The van der Waals surface area contributed by atoms with Gasteiger partial charge in [-0.3, -0.25) is 0 Å². The van der Waals surface area contributed by atoms with E-state index >= 15 is 0 Å². The summed E-state index contributed by atoms with van der Waals surface area (Å²) < 4.78 is 10.7. The predicted octanol–water partition coefficient (Wildman–Crippen LogP) is 4.08. The molecule has 0 amide bonds. The Morgan fingerprint density at radius 2 is 1.42 bits per heavy atom. The molecule has 0 aliphatic heterocycles. The van der Waals surface area contributed by atoms with E-state index in [1.54, 1.807) is 14.2 Å². The van der Waals surface area contributed by atoms with Crippen molar-refractivity contribution in [2.24, 2.45) is 0 Å².